The largest absolute Gasteiger partial charge is 0.380 e. The van der Waals surface area contributed by atoms with Gasteiger partial charge in [0.1, 0.15) is 0 Å². The predicted octanol–water partition coefficient (Wildman–Crippen LogP) is 3.33. The van der Waals surface area contributed by atoms with Crippen molar-refractivity contribution in [3.05, 3.63) is 89.5 Å². The molecule has 0 bridgehead atoms. The van der Waals surface area contributed by atoms with Crippen LogP contribution in [0, 0.1) is 6.92 Å². The van der Waals surface area contributed by atoms with Gasteiger partial charge < -0.3 is 10.6 Å². The average Bonchev–Trinajstić information content (AvgIpc) is 2.65. The predicted molar refractivity (Wildman–Crippen MR) is 98.1 cm³/mol. The van der Waals surface area contributed by atoms with Crippen LogP contribution in [0.2, 0.25) is 0 Å². The van der Waals surface area contributed by atoms with E-state index in [1.54, 1.807) is 30.9 Å². The summed E-state index contributed by atoms with van der Waals surface area (Å²) in [6.07, 6.45) is 6.72. The van der Waals surface area contributed by atoms with Crippen molar-refractivity contribution in [1.29, 1.82) is 0 Å². The lowest BCUT2D eigenvalue weighted by atomic mass is 10.1. The highest BCUT2D eigenvalue weighted by Crippen LogP contribution is 2.11. The van der Waals surface area contributed by atoms with Crippen molar-refractivity contribution >= 4 is 11.6 Å². The third-order valence-corrected chi connectivity index (χ3v) is 3.76. The highest BCUT2D eigenvalue weighted by molar-refractivity contribution is 5.94. The van der Waals surface area contributed by atoms with Crippen molar-refractivity contribution in [2.24, 2.45) is 0 Å². The first-order valence-electron chi connectivity index (χ1n) is 8.12. The number of hydrogen-bond acceptors (Lipinski definition) is 4. The van der Waals surface area contributed by atoms with Gasteiger partial charge in [-0.1, -0.05) is 35.9 Å². The Morgan fingerprint density at radius 3 is 2.64 bits per heavy atom. The summed E-state index contributed by atoms with van der Waals surface area (Å²) < 4.78 is 0. The van der Waals surface area contributed by atoms with Crippen LogP contribution in [0.15, 0.2) is 67.3 Å². The lowest BCUT2D eigenvalue weighted by molar-refractivity contribution is 0.0950. The highest BCUT2D eigenvalue weighted by atomic mass is 16.1. The molecule has 0 aliphatic rings. The second kappa shape index (κ2) is 8.06. The molecule has 0 aliphatic carbocycles. The minimum Gasteiger partial charge on any atom is -0.380 e. The first-order valence-corrected chi connectivity index (χ1v) is 8.12. The number of hydrogen-bond donors (Lipinski definition) is 2. The van der Waals surface area contributed by atoms with Gasteiger partial charge in [0.15, 0.2) is 0 Å². The van der Waals surface area contributed by atoms with E-state index in [9.17, 15) is 4.79 Å². The lowest BCUT2D eigenvalue weighted by Crippen LogP contribution is -2.23. The minimum atomic E-state index is -0.157. The minimum absolute atomic E-state index is 0.157. The molecule has 5 nitrogen and oxygen atoms in total. The number of rotatable bonds is 6. The third-order valence-electron chi connectivity index (χ3n) is 3.76. The maximum absolute atomic E-state index is 12.3. The van der Waals surface area contributed by atoms with Gasteiger partial charge in [-0.15, -0.1) is 0 Å². The quantitative estimate of drug-likeness (QED) is 0.726. The van der Waals surface area contributed by atoms with Crippen molar-refractivity contribution in [2.45, 2.75) is 20.0 Å². The monoisotopic (exact) mass is 332 g/mol. The summed E-state index contributed by atoms with van der Waals surface area (Å²) in [5, 5.41) is 6.18. The number of aromatic nitrogens is 2. The van der Waals surface area contributed by atoms with E-state index in [-0.39, 0.29) is 5.91 Å². The number of carbonyl (C=O) groups is 1. The molecule has 0 aliphatic heterocycles. The number of anilines is 1. The molecule has 0 unspecified atom stereocenters. The van der Waals surface area contributed by atoms with E-state index in [0.29, 0.717) is 18.7 Å². The zero-order chi connectivity index (χ0) is 17.5. The summed E-state index contributed by atoms with van der Waals surface area (Å²) in [6, 6.07) is 13.9. The molecule has 0 saturated heterocycles. The molecule has 25 heavy (non-hydrogen) atoms. The summed E-state index contributed by atoms with van der Waals surface area (Å²) in [6.45, 7) is 3.19. The van der Waals surface area contributed by atoms with Gasteiger partial charge >= 0.3 is 0 Å². The molecule has 0 saturated carbocycles. The third kappa shape index (κ3) is 4.88. The number of carbonyl (C=O) groups excluding carboxylic acids is 1. The van der Waals surface area contributed by atoms with Gasteiger partial charge in [0.2, 0.25) is 0 Å². The zero-order valence-corrected chi connectivity index (χ0v) is 14.1. The second-order valence-corrected chi connectivity index (χ2v) is 5.85. The van der Waals surface area contributed by atoms with E-state index >= 15 is 0 Å². The van der Waals surface area contributed by atoms with Gasteiger partial charge in [0.25, 0.3) is 5.91 Å². The first-order chi connectivity index (χ1) is 12.2. The van der Waals surface area contributed by atoms with E-state index in [2.05, 4.69) is 45.7 Å². The van der Waals surface area contributed by atoms with Crippen molar-refractivity contribution in [3.63, 3.8) is 0 Å². The second-order valence-electron chi connectivity index (χ2n) is 5.85. The maximum atomic E-state index is 12.3. The van der Waals surface area contributed by atoms with Gasteiger partial charge in [0, 0.05) is 37.9 Å². The van der Waals surface area contributed by atoms with E-state index < -0.39 is 0 Å². The molecule has 126 valence electrons. The van der Waals surface area contributed by atoms with Crippen LogP contribution < -0.4 is 10.6 Å². The van der Waals surface area contributed by atoms with Crippen molar-refractivity contribution in [3.8, 4) is 0 Å². The van der Waals surface area contributed by atoms with Gasteiger partial charge in [-0.05, 0) is 30.2 Å². The molecule has 1 aromatic carbocycles. The summed E-state index contributed by atoms with van der Waals surface area (Å²) in [5.41, 5.74) is 4.71. The van der Waals surface area contributed by atoms with Crippen LogP contribution in [0.5, 0.6) is 0 Å². The van der Waals surface area contributed by atoms with Crippen molar-refractivity contribution in [1.82, 2.24) is 15.3 Å². The van der Waals surface area contributed by atoms with Crippen LogP contribution >= 0.6 is 0 Å². The number of nitrogens with zero attached hydrogens (tertiary/aromatic N) is 2. The molecule has 2 heterocycles. The molecular weight excluding hydrogens is 312 g/mol. The zero-order valence-electron chi connectivity index (χ0n) is 14.1. The Morgan fingerprint density at radius 1 is 0.960 bits per heavy atom. The van der Waals surface area contributed by atoms with Gasteiger partial charge in [-0.3, -0.25) is 14.8 Å². The molecule has 0 atom stereocenters. The fraction of sp³-hybridized carbons (Fsp3) is 0.150. The number of pyridine rings is 2. The van der Waals surface area contributed by atoms with Gasteiger partial charge in [0.05, 0.1) is 11.3 Å². The molecule has 1 amide bonds. The SMILES string of the molecule is Cc1cccc(CNc2cncc(C(=O)NCc3cccnc3)c2)c1. The molecule has 3 aromatic rings. The van der Waals surface area contributed by atoms with Crippen molar-refractivity contribution < 1.29 is 4.79 Å². The molecule has 0 spiro atoms. The topological polar surface area (TPSA) is 66.9 Å². The van der Waals surface area contributed by atoms with Crippen LogP contribution in [0.4, 0.5) is 5.69 Å². The molecule has 5 heteroatoms. The van der Waals surface area contributed by atoms with E-state index in [1.165, 1.54) is 11.1 Å². The Bertz CT molecular complexity index is 849. The number of amides is 1. The normalized spacial score (nSPS) is 10.3. The van der Waals surface area contributed by atoms with Crippen LogP contribution in [0.1, 0.15) is 27.0 Å². The summed E-state index contributed by atoms with van der Waals surface area (Å²) in [4.78, 5) is 20.5. The van der Waals surface area contributed by atoms with E-state index in [4.69, 9.17) is 0 Å². The average molecular weight is 332 g/mol. The molecule has 3 rings (SSSR count). The molecule has 2 aromatic heterocycles. The number of benzene rings is 1. The maximum Gasteiger partial charge on any atom is 0.253 e. The Hall–Kier alpha value is -3.21. The summed E-state index contributed by atoms with van der Waals surface area (Å²) >= 11 is 0. The fourth-order valence-corrected chi connectivity index (χ4v) is 2.47. The molecule has 0 fully saturated rings. The smallest absolute Gasteiger partial charge is 0.253 e. The van der Waals surface area contributed by atoms with Crippen LogP contribution in [-0.2, 0) is 13.1 Å². The van der Waals surface area contributed by atoms with Crippen LogP contribution in [-0.4, -0.2) is 15.9 Å². The Morgan fingerprint density at radius 2 is 1.84 bits per heavy atom. The molecule has 2 N–H and O–H groups in total. The Kier molecular flexibility index (Phi) is 5.36. The van der Waals surface area contributed by atoms with Crippen molar-refractivity contribution in [2.75, 3.05) is 5.32 Å². The van der Waals surface area contributed by atoms with Gasteiger partial charge in [-0.25, -0.2) is 0 Å². The number of aryl methyl sites for hydroxylation is 1. The highest BCUT2D eigenvalue weighted by Gasteiger charge is 2.07. The fourth-order valence-electron chi connectivity index (χ4n) is 2.47. The Labute approximate surface area is 147 Å². The number of nitrogens with one attached hydrogen (secondary N) is 2. The standard InChI is InChI=1S/C20H20N4O/c1-15-4-2-5-16(8-15)11-23-19-9-18(13-22-14-19)20(25)24-12-17-6-3-7-21-10-17/h2-10,13-14,23H,11-12H2,1H3,(H,24,25). The van der Waals surface area contributed by atoms with E-state index in [1.807, 2.05) is 18.2 Å². The summed E-state index contributed by atoms with van der Waals surface area (Å²) in [5.74, 6) is -0.157. The first kappa shape index (κ1) is 16.6. The van der Waals surface area contributed by atoms with Gasteiger partial charge in [-0.2, -0.15) is 0 Å². The molecule has 0 radical (unpaired) electrons. The molecular formula is C20H20N4O. The summed E-state index contributed by atoms with van der Waals surface area (Å²) in [7, 11) is 0. The van der Waals surface area contributed by atoms with E-state index in [0.717, 1.165) is 11.3 Å². The lowest BCUT2D eigenvalue weighted by Gasteiger charge is -2.09. The van der Waals surface area contributed by atoms with Crippen LogP contribution in [0.3, 0.4) is 0 Å². The van der Waals surface area contributed by atoms with Crippen LogP contribution in [0.25, 0.3) is 0 Å². The Balaban J connectivity index is 1.59.